The fourth-order valence-electron chi connectivity index (χ4n) is 3.93. The van der Waals surface area contributed by atoms with Crippen LogP contribution in [0.5, 0.6) is 17.2 Å². The quantitative estimate of drug-likeness (QED) is 0.494. The number of methoxy groups -OCH3 is 3. The zero-order valence-electron chi connectivity index (χ0n) is 17.0. The van der Waals surface area contributed by atoms with Gasteiger partial charge in [-0.3, -0.25) is 0 Å². The summed E-state index contributed by atoms with van der Waals surface area (Å²) in [6.45, 7) is 0. The highest BCUT2D eigenvalue weighted by atomic mass is 16.5. The van der Waals surface area contributed by atoms with Crippen molar-refractivity contribution in [3.05, 3.63) is 59.9 Å². The fourth-order valence-corrected chi connectivity index (χ4v) is 3.93. The lowest BCUT2D eigenvalue weighted by Crippen LogP contribution is -2.01. The molecule has 0 bridgehead atoms. The maximum atomic E-state index is 5.65. The maximum Gasteiger partial charge on any atom is 0.174 e. The molecule has 7 heteroatoms. The van der Waals surface area contributed by atoms with E-state index in [-0.39, 0.29) is 0 Å². The van der Waals surface area contributed by atoms with Crippen LogP contribution in [0.15, 0.2) is 53.2 Å². The standard InChI is InChI=1S/C23H21N3O4/c1-27-17-8-6-16(7-9-17)26-22(14-5-11-19(28-2)20(12-14)29-3)21-18(25-26)10-4-15-13-24-30-23(15)21/h5-9,11-13H,4,10H2,1-3H3. The summed E-state index contributed by atoms with van der Waals surface area (Å²) < 4.78 is 23.9. The topological polar surface area (TPSA) is 71.5 Å². The molecule has 1 aliphatic rings. The van der Waals surface area contributed by atoms with Crippen LogP contribution in [0.1, 0.15) is 11.3 Å². The van der Waals surface area contributed by atoms with Crippen LogP contribution in [-0.2, 0) is 12.8 Å². The molecule has 0 radical (unpaired) electrons. The number of nitrogens with zero attached hydrogens (tertiary/aromatic N) is 3. The second-order valence-electron chi connectivity index (χ2n) is 7.03. The Morgan fingerprint density at radius 2 is 1.70 bits per heavy atom. The third-order valence-electron chi connectivity index (χ3n) is 5.43. The van der Waals surface area contributed by atoms with Gasteiger partial charge in [-0.2, -0.15) is 5.10 Å². The van der Waals surface area contributed by atoms with Crippen LogP contribution in [0, 0.1) is 0 Å². The Morgan fingerprint density at radius 3 is 2.43 bits per heavy atom. The number of fused-ring (bicyclic) bond motifs is 3. The van der Waals surface area contributed by atoms with Gasteiger partial charge in [-0.05, 0) is 55.3 Å². The van der Waals surface area contributed by atoms with Crippen molar-refractivity contribution in [1.82, 2.24) is 14.9 Å². The van der Waals surface area contributed by atoms with Crippen LogP contribution in [0.4, 0.5) is 0 Å². The predicted molar refractivity (Wildman–Crippen MR) is 112 cm³/mol. The second-order valence-corrected chi connectivity index (χ2v) is 7.03. The minimum atomic E-state index is 0.653. The molecule has 0 atom stereocenters. The van der Waals surface area contributed by atoms with E-state index in [1.807, 2.05) is 47.1 Å². The van der Waals surface area contributed by atoms with Gasteiger partial charge in [0.05, 0.1) is 50.2 Å². The Hall–Kier alpha value is -3.74. The monoisotopic (exact) mass is 403 g/mol. The Labute approximate surface area is 173 Å². The lowest BCUT2D eigenvalue weighted by atomic mass is 9.92. The Kier molecular flexibility index (Phi) is 4.43. The Bertz CT molecular complexity index is 1210. The third-order valence-corrected chi connectivity index (χ3v) is 5.43. The molecule has 5 rings (SSSR count). The number of benzene rings is 2. The molecule has 4 aromatic rings. The Morgan fingerprint density at radius 1 is 0.900 bits per heavy atom. The van der Waals surface area contributed by atoms with Gasteiger partial charge in [-0.15, -0.1) is 0 Å². The molecule has 1 aliphatic carbocycles. The van der Waals surface area contributed by atoms with E-state index in [1.54, 1.807) is 27.5 Å². The number of aryl methyl sites for hydroxylation is 2. The number of aromatic nitrogens is 3. The van der Waals surface area contributed by atoms with Crippen molar-refractivity contribution in [1.29, 1.82) is 0 Å². The van der Waals surface area contributed by atoms with Gasteiger partial charge >= 0.3 is 0 Å². The molecule has 2 aromatic heterocycles. The number of hydrogen-bond acceptors (Lipinski definition) is 6. The average molecular weight is 403 g/mol. The fraction of sp³-hybridized carbons (Fsp3) is 0.217. The van der Waals surface area contributed by atoms with E-state index in [4.69, 9.17) is 23.8 Å². The summed E-state index contributed by atoms with van der Waals surface area (Å²) in [7, 11) is 4.91. The maximum absolute atomic E-state index is 5.65. The third kappa shape index (κ3) is 2.82. The minimum Gasteiger partial charge on any atom is -0.497 e. The van der Waals surface area contributed by atoms with Gasteiger partial charge < -0.3 is 18.7 Å². The van der Waals surface area contributed by atoms with Crippen LogP contribution in [0.3, 0.4) is 0 Å². The molecular weight excluding hydrogens is 382 g/mol. The number of rotatable bonds is 5. The van der Waals surface area contributed by atoms with Gasteiger partial charge in [0.2, 0.25) is 0 Å². The molecule has 0 amide bonds. The van der Waals surface area contributed by atoms with Crippen LogP contribution in [0.25, 0.3) is 28.3 Å². The lowest BCUT2D eigenvalue weighted by Gasteiger charge is -2.14. The molecule has 30 heavy (non-hydrogen) atoms. The van der Waals surface area contributed by atoms with Crippen LogP contribution in [0.2, 0.25) is 0 Å². The number of ether oxygens (including phenoxy) is 3. The van der Waals surface area contributed by atoms with Crippen molar-refractivity contribution in [3.63, 3.8) is 0 Å². The highest BCUT2D eigenvalue weighted by molar-refractivity contribution is 5.85. The first-order valence-electron chi connectivity index (χ1n) is 9.66. The van der Waals surface area contributed by atoms with E-state index in [9.17, 15) is 0 Å². The van der Waals surface area contributed by atoms with Crippen molar-refractivity contribution >= 4 is 0 Å². The van der Waals surface area contributed by atoms with Crippen LogP contribution < -0.4 is 14.2 Å². The first-order chi connectivity index (χ1) is 14.7. The van der Waals surface area contributed by atoms with Crippen molar-refractivity contribution in [2.45, 2.75) is 12.8 Å². The summed E-state index contributed by atoms with van der Waals surface area (Å²) in [4.78, 5) is 0. The zero-order chi connectivity index (χ0) is 20.7. The molecule has 152 valence electrons. The van der Waals surface area contributed by atoms with Crippen molar-refractivity contribution in [2.75, 3.05) is 21.3 Å². The summed E-state index contributed by atoms with van der Waals surface area (Å²) >= 11 is 0. The summed E-state index contributed by atoms with van der Waals surface area (Å²) in [6.07, 6.45) is 3.48. The van der Waals surface area contributed by atoms with Gasteiger partial charge in [0.15, 0.2) is 17.3 Å². The SMILES string of the molecule is COc1ccc(-n2nc3c(c2-c2ccc(OC)c(OC)c2)-c2oncc2CC3)cc1. The molecular formula is C23H21N3O4. The first-order valence-corrected chi connectivity index (χ1v) is 9.66. The highest BCUT2D eigenvalue weighted by Crippen LogP contribution is 2.43. The summed E-state index contributed by atoms with van der Waals surface area (Å²) in [5.41, 5.74) is 5.85. The molecule has 0 saturated heterocycles. The molecule has 0 spiro atoms. The largest absolute Gasteiger partial charge is 0.497 e. The van der Waals surface area contributed by atoms with Crippen LogP contribution in [-0.4, -0.2) is 36.3 Å². The molecule has 0 fully saturated rings. The highest BCUT2D eigenvalue weighted by Gasteiger charge is 2.30. The summed E-state index contributed by atoms with van der Waals surface area (Å²) in [5.74, 6) is 2.90. The zero-order valence-corrected chi connectivity index (χ0v) is 17.0. The molecule has 2 aromatic carbocycles. The lowest BCUT2D eigenvalue weighted by molar-refractivity contribution is 0.355. The molecule has 0 N–H and O–H groups in total. The van der Waals surface area contributed by atoms with Gasteiger partial charge in [0.25, 0.3) is 0 Å². The molecule has 0 saturated carbocycles. The summed E-state index contributed by atoms with van der Waals surface area (Å²) in [5, 5.41) is 8.98. The smallest absolute Gasteiger partial charge is 0.174 e. The van der Waals surface area contributed by atoms with E-state index in [0.717, 1.165) is 58.1 Å². The van der Waals surface area contributed by atoms with E-state index < -0.39 is 0 Å². The van der Waals surface area contributed by atoms with E-state index in [0.29, 0.717) is 11.5 Å². The van der Waals surface area contributed by atoms with Crippen molar-refractivity contribution < 1.29 is 18.7 Å². The summed E-state index contributed by atoms with van der Waals surface area (Å²) in [6, 6.07) is 13.7. The van der Waals surface area contributed by atoms with Crippen molar-refractivity contribution in [2.24, 2.45) is 0 Å². The van der Waals surface area contributed by atoms with E-state index >= 15 is 0 Å². The van der Waals surface area contributed by atoms with Crippen molar-refractivity contribution in [3.8, 4) is 45.5 Å². The average Bonchev–Trinajstić information content (AvgIpc) is 3.43. The van der Waals surface area contributed by atoms with Crippen LogP contribution >= 0.6 is 0 Å². The van der Waals surface area contributed by atoms with Gasteiger partial charge in [-0.25, -0.2) is 4.68 Å². The normalized spacial score (nSPS) is 12.2. The van der Waals surface area contributed by atoms with Gasteiger partial charge in [0.1, 0.15) is 5.75 Å². The molecule has 0 unspecified atom stereocenters. The predicted octanol–water partition coefficient (Wildman–Crippen LogP) is 4.32. The Balaban J connectivity index is 1.77. The van der Waals surface area contributed by atoms with E-state index in [1.165, 1.54) is 0 Å². The molecule has 7 nitrogen and oxygen atoms in total. The first kappa shape index (κ1) is 18.3. The van der Waals surface area contributed by atoms with Gasteiger partial charge in [-0.1, -0.05) is 5.16 Å². The molecule has 0 aliphatic heterocycles. The van der Waals surface area contributed by atoms with Gasteiger partial charge in [0, 0.05) is 11.1 Å². The molecule has 2 heterocycles. The second kappa shape index (κ2) is 7.26. The minimum absolute atomic E-state index is 0.653. The van der Waals surface area contributed by atoms with E-state index in [2.05, 4.69) is 5.16 Å². The number of hydrogen-bond donors (Lipinski definition) is 0.